The molecule has 4 aliphatic carbocycles. The number of nitrogens with two attached hydrogens (primary N) is 1. The molecule has 46 heavy (non-hydrogen) atoms. The normalized spacial score (nSPS) is 40.7. The van der Waals surface area contributed by atoms with E-state index in [2.05, 4.69) is 12.1 Å². The van der Waals surface area contributed by atoms with Crippen molar-refractivity contribution in [2.24, 2.45) is 22.7 Å². The van der Waals surface area contributed by atoms with Gasteiger partial charge in [0.05, 0.1) is 19.3 Å². The summed E-state index contributed by atoms with van der Waals surface area (Å²) in [6.45, 7) is 2.46. The van der Waals surface area contributed by atoms with Gasteiger partial charge < -0.3 is 30.2 Å². The summed E-state index contributed by atoms with van der Waals surface area (Å²) in [5, 5.41) is 21.9. The van der Waals surface area contributed by atoms with Crippen molar-refractivity contribution in [3.8, 4) is 5.75 Å². The Morgan fingerprint density at radius 1 is 1.17 bits per heavy atom. The molecule has 4 fully saturated rings. The average molecular weight is 634 g/mol. The highest BCUT2D eigenvalue weighted by Crippen LogP contribution is 2.72. The van der Waals surface area contributed by atoms with Crippen LogP contribution < -0.4 is 10.5 Å². The van der Waals surface area contributed by atoms with E-state index in [0.29, 0.717) is 23.4 Å². The van der Waals surface area contributed by atoms with Gasteiger partial charge >= 0.3 is 0 Å². The van der Waals surface area contributed by atoms with E-state index in [0.717, 1.165) is 17.2 Å². The molecule has 1 heterocycles. The van der Waals surface area contributed by atoms with E-state index >= 15 is 8.78 Å². The molecule has 1 aliphatic heterocycles. The number of hydrogen-bond acceptors (Lipinski definition) is 8. The molecular formula is C36H37F2NO7. The summed E-state index contributed by atoms with van der Waals surface area (Å²) in [6, 6.07) is 15.2. The highest BCUT2D eigenvalue weighted by Gasteiger charge is 2.80. The summed E-state index contributed by atoms with van der Waals surface area (Å²) in [6.07, 6.45) is -1.00. The number of anilines is 1. The highest BCUT2D eigenvalue weighted by molar-refractivity contribution is 6.01. The fourth-order valence-electron chi connectivity index (χ4n) is 9.47. The molecule has 0 aromatic heterocycles. The molecule has 0 unspecified atom stereocenters. The Balaban J connectivity index is 1.19. The first-order valence-electron chi connectivity index (χ1n) is 15.6. The van der Waals surface area contributed by atoms with Crippen LogP contribution in [0.1, 0.15) is 56.1 Å². The number of carbonyl (C=O) groups excluding carboxylic acids is 2. The number of ketones is 2. The molecule has 8 nitrogen and oxygen atoms in total. The van der Waals surface area contributed by atoms with Crippen LogP contribution in [0.4, 0.5) is 14.5 Å². The third-order valence-electron chi connectivity index (χ3n) is 11.7. The monoisotopic (exact) mass is 633 g/mol. The number of aliphatic hydroxyl groups is 2. The van der Waals surface area contributed by atoms with Crippen molar-refractivity contribution in [1.29, 1.82) is 0 Å². The van der Waals surface area contributed by atoms with E-state index in [1.165, 1.54) is 26.2 Å². The van der Waals surface area contributed by atoms with E-state index < -0.39 is 76.8 Å². The standard InChI is InChI=1S/C36H37F2NO7/c1-33-11-10-22(41)14-25(33)26(37)15-24-23-16-31-36(30(43)18-40,34(23,2)17-29(42)35(24,33)38)46-32(45-31)21-7-4-19(5-8-21)12-20-6-9-27(39)28(13-20)44-3/h4-5,7-8,10-11,13-14,23-24,26,29,31-32,40,42H,12,15-18,39H2,1-3H3/t23-,24-,26-,29-,31+,32+,33-,34-,35-,36+/m0/s1. The zero-order valence-corrected chi connectivity index (χ0v) is 25.9. The fourth-order valence-corrected chi connectivity index (χ4v) is 9.47. The molecule has 4 N–H and O–H groups in total. The Kier molecular flexibility index (Phi) is 7.04. The maximum absolute atomic E-state index is 17.6. The highest BCUT2D eigenvalue weighted by atomic mass is 19.1. The van der Waals surface area contributed by atoms with Gasteiger partial charge in [0, 0.05) is 34.3 Å². The lowest BCUT2D eigenvalue weighted by atomic mass is 9.44. The summed E-state index contributed by atoms with van der Waals surface area (Å²) < 4.78 is 51.6. The summed E-state index contributed by atoms with van der Waals surface area (Å²) in [4.78, 5) is 25.9. The predicted molar refractivity (Wildman–Crippen MR) is 162 cm³/mol. The Morgan fingerprint density at radius 3 is 2.61 bits per heavy atom. The van der Waals surface area contributed by atoms with Crippen molar-refractivity contribution >= 4 is 17.3 Å². The maximum Gasteiger partial charge on any atom is 0.193 e. The van der Waals surface area contributed by atoms with Gasteiger partial charge in [0.1, 0.15) is 18.5 Å². The van der Waals surface area contributed by atoms with Crippen molar-refractivity contribution in [1.82, 2.24) is 0 Å². The molecule has 2 aromatic rings. The van der Waals surface area contributed by atoms with Crippen LogP contribution >= 0.6 is 0 Å². The quantitative estimate of drug-likeness (QED) is 0.434. The minimum atomic E-state index is -2.30. The number of methoxy groups -OCH3 is 1. The first-order valence-corrected chi connectivity index (χ1v) is 15.6. The van der Waals surface area contributed by atoms with Gasteiger partial charge in [-0.15, -0.1) is 0 Å². The molecule has 0 amide bonds. The molecule has 3 saturated carbocycles. The Morgan fingerprint density at radius 2 is 1.91 bits per heavy atom. The topological polar surface area (TPSA) is 128 Å². The third kappa shape index (κ3) is 3.98. The Hall–Kier alpha value is -3.62. The molecule has 5 aliphatic rings. The summed E-state index contributed by atoms with van der Waals surface area (Å²) in [7, 11) is 1.53. The molecule has 10 heteroatoms. The number of halogens is 2. The number of nitrogen functional groups attached to an aromatic ring is 1. The lowest BCUT2D eigenvalue weighted by molar-refractivity contribution is -0.235. The Bertz CT molecular complexity index is 1660. The number of Topliss-reactive ketones (excluding diaryl/α,β-unsaturated/α-hetero) is 1. The van der Waals surface area contributed by atoms with Crippen LogP contribution in [-0.4, -0.2) is 65.1 Å². The number of ether oxygens (including phenoxy) is 3. The number of carbonyl (C=O) groups is 2. The summed E-state index contributed by atoms with van der Waals surface area (Å²) >= 11 is 0. The van der Waals surface area contributed by atoms with Crippen molar-refractivity contribution in [2.45, 2.75) is 75.5 Å². The van der Waals surface area contributed by atoms with Crippen molar-refractivity contribution in [3.63, 3.8) is 0 Å². The first kappa shape index (κ1) is 31.0. The largest absolute Gasteiger partial charge is 0.494 e. The van der Waals surface area contributed by atoms with Gasteiger partial charge in [0.15, 0.2) is 34.9 Å². The summed E-state index contributed by atoms with van der Waals surface area (Å²) in [5.41, 5.74) is 1.98. The van der Waals surface area contributed by atoms with Crippen molar-refractivity contribution < 1.29 is 42.8 Å². The molecule has 1 saturated heterocycles. The number of aliphatic hydroxyl groups excluding tert-OH is 2. The van der Waals surface area contributed by atoms with Crippen LogP contribution in [0, 0.1) is 34.8 Å². The van der Waals surface area contributed by atoms with Gasteiger partial charge in [-0.2, -0.15) is 0 Å². The number of rotatable bonds is 6. The fraction of sp³-hybridized carbons (Fsp3) is 0.500. The van der Waals surface area contributed by atoms with E-state index in [1.807, 2.05) is 24.3 Å². The van der Waals surface area contributed by atoms with Gasteiger partial charge in [-0.25, -0.2) is 8.78 Å². The molecule has 0 radical (unpaired) electrons. The zero-order chi connectivity index (χ0) is 32.8. The molecule has 10 atom stereocenters. The van der Waals surface area contributed by atoms with Gasteiger partial charge in [-0.05, 0) is 67.5 Å². The lowest BCUT2D eigenvalue weighted by Crippen LogP contribution is -2.70. The molecule has 2 aromatic carbocycles. The zero-order valence-electron chi connectivity index (χ0n) is 25.9. The molecule has 0 bridgehead atoms. The second-order valence-corrected chi connectivity index (χ2v) is 13.8. The van der Waals surface area contributed by atoms with Crippen LogP contribution in [0.15, 0.2) is 54.1 Å². The maximum atomic E-state index is 17.6. The van der Waals surface area contributed by atoms with Crippen LogP contribution in [0.5, 0.6) is 5.75 Å². The number of hydrogen-bond donors (Lipinski definition) is 3. The van der Waals surface area contributed by atoms with E-state index in [9.17, 15) is 19.8 Å². The molecular weight excluding hydrogens is 596 g/mol. The van der Waals surface area contributed by atoms with Gasteiger partial charge in [-0.3, -0.25) is 9.59 Å². The van der Waals surface area contributed by atoms with Crippen molar-refractivity contribution in [2.75, 3.05) is 19.5 Å². The van der Waals surface area contributed by atoms with Crippen LogP contribution in [-0.2, 0) is 25.5 Å². The number of allylic oxidation sites excluding steroid dienone is 4. The van der Waals surface area contributed by atoms with E-state index in [1.54, 1.807) is 13.0 Å². The average Bonchev–Trinajstić information content (AvgIpc) is 3.54. The summed E-state index contributed by atoms with van der Waals surface area (Å²) in [5.74, 6) is -2.14. The second kappa shape index (κ2) is 10.4. The molecule has 0 spiro atoms. The number of fused-ring (bicyclic) bond motifs is 7. The van der Waals surface area contributed by atoms with E-state index in [4.69, 9.17) is 19.9 Å². The SMILES string of the molecule is COc1cc(Cc2ccc([C@@H]3O[C@@H]4C[C@H]5[C@@H]6C[C@H](F)C7=CC(=O)C=C[C@]7(C)[C@@]6(F)[C@@H](O)C[C@]5(C)[C@]4(C(=O)CO)O3)cc2)c#cc1N. The number of alkyl halides is 2. The smallest absolute Gasteiger partial charge is 0.193 e. The first-order chi connectivity index (χ1) is 21.8. The predicted octanol–water partition coefficient (Wildman–Crippen LogP) is 4.11. The van der Waals surface area contributed by atoms with Crippen LogP contribution in [0.2, 0.25) is 0 Å². The lowest BCUT2D eigenvalue weighted by Gasteiger charge is -2.63. The van der Waals surface area contributed by atoms with Gasteiger partial charge in [0.2, 0.25) is 0 Å². The molecule has 7 rings (SSSR count). The molecule has 242 valence electrons. The Labute approximate surface area is 266 Å². The van der Waals surface area contributed by atoms with Crippen molar-refractivity contribution in [3.05, 3.63) is 83.0 Å². The number of benzene rings is 1. The van der Waals surface area contributed by atoms with Crippen LogP contribution in [0.3, 0.4) is 0 Å². The van der Waals surface area contributed by atoms with Gasteiger partial charge in [-0.1, -0.05) is 43.3 Å². The minimum absolute atomic E-state index is 0.0308. The van der Waals surface area contributed by atoms with E-state index in [-0.39, 0.29) is 24.8 Å². The minimum Gasteiger partial charge on any atom is -0.494 e. The second-order valence-electron chi connectivity index (χ2n) is 13.8. The third-order valence-corrected chi connectivity index (χ3v) is 11.7. The van der Waals surface area contributed by atoms with Crippen LogP contribution in [0.25, 0.3) is 0 Å². The van der Waals surface area contributed by atoms with Gasteiger partial charge in [0.25, 0.3) is 0 Å².